The molecule has 3 aromatic rings. The van der Waals surface area contributed by atoms with Crippen LogP contribution in [0.25, 0.3) is 0 Å². The Morgan fingerprint density at radius 2 is 1.64 bits per heavy atom. The molecule has 3 aromatic carbocycles. The van der Waals surface area contributed by atoms with Gasteiger partial charge in [0.25, 0.3) is 0 Å². The second kappa shape index (κ2) is 11.9. The Labute approximate surface area is 205 Å². The number of nitrogens with one attached hydrogen (secondary N) is 1. The maximum atomic E-state index is 13.6. The lowest BCUT2D eigenvalue weighted by atomic mass is 10.0. The maximum Gasteiger partial charge on any atom is 0.243 e. The average molecular weight is 483 g/mol. The molecule has 0 saturated carbocycles. The van der Waals surface area contributed by atoms with E-state index in [2.05, 4.69) is 5.32 Å². The number of rotatable bonds is 9. The van der Waals surface area contributed by atoms with E-state index < -0.39 is 6.04 Å². The van der Waals surface area contributed by atoms with E-state index >= 15 is 0 Å². The fraction of sp³-hybridized carbons (Fsp3) is 0.259. The highest BCUT2D eigenvalue weighted by Gasteiger charge is 2.30. The minimum Gasteiger partial charge on any atom is -0.355 e. The SMILES string of the molecule is CCNC(=O)[C@@H](Cc1ccccc1)N(Cc1ccc(Cl)cc1Cl)C(=O)Cc1ccc(C)cc1. The molecule has 0 radical (unpaired) electrons. The zero-order valence-electron chi connectivity index (χ0n) is 18.9. The van der Waals surface area contributed by atoms with Gasteiger partial charge in [0.1, 0.15) is 6.04 Å². The number of aryl methyl sites for hydroxylation is 1. The van der Waals surface area contributed by atoms with Crippen LogP contribution in [0.1, 0.15) is 29.2 Å². The fourth-order valence-electron chi connectivity index (χ4n) is 3.66. The van der Waals surface area contributed by atoms with E-state index in [0.717, 1.165) is 22.3 Å². The number of halogens is 2. The number of benzene rings is 3. The van der Waals surface area contributed by atoms with E-state index in [4.69, 9.17) is 23.2 Å². The van der Waals surface area contributed by atoms with Crippen LogP contribution in [0.15, 0.2) is 72.8 Å². The first kappa shape index (κ1) is 24.8. The van der Waals surface area contributed by atoms with Crippen molar-refractivity contribution in [2.24, 2.45) is 0 Å². The van der Waals surface area contributed by atoms with Crippen LogP contribution >= 0.6 is 23.2 Å². The second-order valence-corrected chi connectivity index (χ2v) is 8.86. The molecule has 1 atom stereocenters. The molecule has 0 fully saturated rings. The molecule has 6 heteroatoms. The van der Waals surface area contributed by atoms with Crippen LogP contribution in [0.3, 0.4) is 0 Å². The lowest BCUT2D eigenvalue weighted by molar-refractivity contribution is -0.140. The van der Waals surface area contributed by atoms with Crippen molar-refractivity contribution in [3.8, 4) is 0 Å². The quantitative estimate of drug-likeness (QED) is 0.430. The number of amides is 2. The third kappa shape index (κ3) is 7.08. The van der Waals surface area contributed by atoms with Gasteiger partial charge in [0.05, 0.1) is 6.42 Å². The smallest absolute Gasteiger partial charge is 0.243 e. The molecule has 0 saturated heterocycles. The normalized spacial score (nSPS) is 11.6. The minimum absolute atomic E-state index is 0.142. The van der Waals surface area contributed by atoms with Crippen molar-refractivity contribution < 1.29 is 9.59 Å². The fourth-order valence-corrected chi connectivity index (χ4v) is 4.13. The van der Waals surface area contributed by atoms with Crippen LogP contribution in [0, 0.1) is 6.92 Å². The van der Waals surface area contributed by atoms with Gasteiger partial charge in [-0.15, -0.1) is 0 Å². The van der Waals surface area contributed by atoms with Gasteiger partial charge in [-0.25, -0.2) is 0 Å². The monoisotopic (exact) mass is 482 g/mol. The lowest BCUT2D eigenvalue weighted by Gasteiger charge is -2.32. The van der Waals surface area contributed by atoms with E-state index in [0.29, 0.717) is 23.0 Å². The Kier molecular flexibility index (Phi) is 8.93. The van der Waals surface area contributed by atoms with Gasteiger partial charge in [0.2, 0.25) is 11.8 Å². The van der Waals surface area contributed by atoms with Crippen molar-refractivity contribution >= 4 is 35.0 Å². The third-order valence-electron chi connectivity index (χ3n) is 5.45. The van der Waals surface area contributed by atoms with E-state index in [9.17, 15) is 9.59 Å². The number of hydrogen-bond acceptors (Lipinski definition) is 2. The first-order valence-electron chi connectivity index (χ1n) is 11.0. The molecule has 0 aliphatic heterocycles. The molecule has 1 N–H and O–H groups in total. The molecule has 3 rings (SSSR count). The van der Waals surface area contributed by atoms with Crippen molar-refractivity contribution in [1.82, 2.24) is 10.2 Å². The molecule has 0 unspecified atom stereocenters. The zero-order valence-corrected chi connectivity index (χ0v) is 20.4. The van der Waals surface area contributed by atoms with Crippen LogP contribution in [-0.2, 0) is 29.0 Å². The molecule has 0 bridgehead atoms. The summed E-state index contributed by atoms with van der Waals surface area (Å²) < 4.78 is 0. The van der Waals surface area contributed by atoms with Gasteiger partial charge in [0.15, 0.2) is 0 Å². The van der Waals surface area contributed by atoms with Gasteiger partial charge in [-0.1, -0.05) is 89.4 Å². The maximum absolute atomic E-state index is 13.6. The van der Waals surface area contributed by atoms with Crippen molar-refractivity contribution in [2.75, 3.05) is 6.54 Å². The molecule has 4 nitrogen and oxygen atoms in total. The Morgan fingerprint density at radius 3 is 2.27 bits per heavy atom. The van der Waals surface area contributed by atoms with Crippen molar-refractivity contribution in [2.45, 2.75) is 39.3 Å². The third-order valence-corrected chi connectivity index (χ3v) is 6.04. The zero-order chi connectivity index (χ0) is 23.8. The predicted octanol–water partition coefficient (Wildman–Crippen LogP) is 5.62. The molecule has 0 aromatic heterocycles. The average Bonchev–Trinajstić information content (AvgIpc) is 2.79. The molecule has 2 amide bonds. The largest absolute Gasteiger partial charge is 0.355 e. The first-order chi connectivity index (χ1) is 15.9. The number of carbonyl (C=O) groups excluding carboxylic acids is 2. The van der Waals surface area contributed by atoms with E-state index in [1.165, 1.54) is 0 Å². The van der Waals surface area contributed by atoms with Gasteiger partial charge >= 0.3 is 0 Å². The highest BCUT2D eigenvalue weighted by molar-refractivity contribution is 6.35. The summed E-state index contributed by atoms with van der Waals surface area (Å²) >= 11 is 12.5. The molecular weight excluding hydrogens is 455 g/mol. The highest BCUT2D eigenvalue weighted by atomic mass is 35.5. The molecule has 0 heterocycles. The van der Waals surface area contributed by atoms with Crippen LogP contribution in [0.5, 0.6) is 0 Å². The Balaban J connectivity index is 1.97. The molecule has 0 aliphatic rings. The van der Waals surface area contributed by atoms with Gasteiger partial charge in [-0.05, 0) is 42.7 Å². The van der Waals surface area contributed by atoms with Crippen molar-refractivity contribution in [3.63, 3.8) is 0 Å². The van der Waals surface area contributed by atoms with Crippen LogP contribution < -0.4 is 5.32 Å². The lowest BCUT2D eigenvalue weighted by Crippen LogP contribution is -2.51. The number of likely N-dealkylation sites (N-methyl/N-ethyl adjacent to an activating group) is 1. The molecule has 172 valence electrons. The van der Waals surface area contributed by atoms with Crippen LogP contribution in [-0.4, -0.2) is 29.3 Å². The summed E-state index contributed by atoms with van der Waals surface area (Å²) in [5.41, 5.74) is 3.73. The van der Waals surface area contributed by atoms with Crippen LogP contribution in [0.4, 0.5) is 0 Å². The summed E-state index contributed by atoms with van der Waals surface area (Å²) in [4.78, 5) is 28.4. The molecule has 33 heavy (non-hydrogen) atoms. The summed E-state index contributed by atoms with van der Waals surface area (Å²) in [5.74, 6) is -0.333. The number of nitrogens with zero attached hydrogens (tertiary/aromatic N) is 1. The van der Waals surface area contributed by atoms with Gasteiger partial charge < -0.3 is 10.2 Å². The summed E-state index contributed by atoms with van der Waals surface area (Å²) in [6.07, 6.45) is 0.591. The van der Waals surface area contributed by atoms with Gasteiger partial charge in [-0.2, -0.15) is 0 Å². The predicted molar refractivity (Wildman–Crippen MR) is 135 cm³/mol. The number of carbonyl (C=O) groups is 2. The summed E-state index contributed by atoms with van der Waals surface area (Å²) in [7, 11) is 0. The summed E-state index contributed by atoms with van der Waals surface area (Å²) in [5, 5.41) is 3.88. The Morgan fingerprint density at radius 1 is 0.939 bits per heavy atom. The van der Waals surface area contributed by atoms with Gasteiger partial charge in [0, 0.05) is 29.6 Å². The first-order valence-corrected chi connectivity index (χ1v) is 11.7. The summed E-state index contributed by atoms with van der Waals surface area (Å²) in [6.45, 7) is 4.55. The number of hydrogen-bond donors (Lipinski definition) is 1. The molecule has 0 aliphatic carbocycles. The van der Waals surface area contributed by atoms with Crippen LogP contribution in [0.2, 0.25) is 10.0 Å². The minimum atomic E-state index is -0.683. The molecular formula is C27H28Cl2N2O2. The van der Waals surface area contributed by atoms with E-state index in [-0.39, 0.29) is 24.8 Å². The van der Waals surface area contributed by atoms with E-state index in [1.807, 2.05) is 68.4 Å². The summed E-state index contributed by atoms with van der Waals surface area (Å²) in [6, 6.07) is 22.1. The standard InChI is InChI=1S/C27H28Cl2N2O2/c1-3-30-27(33)25(15-20-7-5-4-6-8-20)31(18-22-13-14-23(28)17-24(22)29)26(32)16-21-11-9-19(2)10-12-21/h4-14,17,25H,3,15-16,18H2,1-2H3,(H,30,33)/t25-/m1/s1. The van der Waals surface area contributed by atoms with E-state index in [1.54, 1.807) is 23.1 Å². The second-order valence-electron chi connectivity index (χ2n) is 8.02. The van der Waals surface area contributed by atoms with Gasteiger partial charge in [-0.3, -0.25) is 9.59 Å². The van der Waals surface area contributed by atoms with Crippen molar-refractivity contribution in [1.29, 1.82) is 0 Å². The highest BCUT2D eigenvalue weighted by Crippen LogP contribution is 2.24. The topological polar surface area (TPSA) is 49.4 Å². The molecule has 0 spiro atoms. The Hall–Kier alpha value is -2.82. The Bertz CT molecular complexity index is 1090. The van der Waals surface area contributed by atoms with Crippen molar-refractivity contribution in [3.05, 3.63) is 105 Å².